The smallest absolute Gasteiger partial charge is 0.125 e. The van der Waals surface area contributed by atoms with Crippen LogP contribution in [0.25, 0.3) is 0 Å². The predicted octanol–water partition coefficient (Wildman–Crippen LogP) is 5.06. The van der Waals surface area contributed by atoms with E-state index in [-0.39, 0.29) is 6.04 Å². The van der Waals surface area contributed by atoms with Crippen LogP contribution < -0.4 is 5.32 Å². The molecule has 4 heteroatoms. The largest absolute Gasteiger partial charge is 0.464 e. The molecule has 0 saturated carbocycles. The normalized spacial score (nSPS) is 12.8. The van der Waals surface area contributed by atoms with Crippen molar-refractivity contribution in [3.63, 3.8) is 0 Å². The minimum absolute atomic E-state index is 0.155. The van der Waals surface area contributed by atoms with Gasteiger partial charge in [0.1, 0.15) is 11.5 Å². The summed E-state index contributed by atoms with van der Waals surface area (Å²) in [7, 11) is 0. The van der Waals surface area contributed by atoms with Gasteiger partial charge in [-0.05, 0) is 59.6 Å². The highest BCUT2D eigenvalue weighted by Crippen LogP contribution is 2.34. The lowest BCUT2D eigenvalue weighted by molar-refractivity contribution is 0.421. The van der Waals surface area contributed by atoms with Gasteiger partial charge in [0, 0.05) is 11.3 Å². The van der Waals surface area contributed by atoms with Crippen molar-refractivity contribution in [2.75, 3.05) is 6.54 Å². The molecule has 104 valence electrons. The van der Waals surface area contributed by atoms with E-state index in [0.29, 0.717) is 0 Å². The van der Waals surface area contributed by atoms with Crippen molar-refractivity contribution in [1.29, 1.82) is 0 Å². The Morgan fingerprint density at radius 2 is 2.16 bits per heavy atom. The molecule has 0 bridgehead atoms. The van der Waals surface area contributed by atoms with Crippen LogP contribution in [0.5, 0.6) is 0 Å². The fourth-order valence-corrected chi connectivity index (χ4v) is 3.89. The zero-order chi connectivity index (χ0) is 13.8. The van der Waals surface area contributed by atoms with Crippen molar-refractivity contribution >= 4 is 27.3 Å². The summed E-state index contributed by atoms with van der Waals surface area (Å²) in [5, 5.41) is 3.59. The minimum Gasteiger partial charge on any atom is -0.464 e. The second kappa shape index (κ2) is 6.73. The standard InChI is InChI=1S/C15H20BrNOS/c1-4-8-17-15(12-9-14(16)19-10(12)3)13-7-6-11(5-2)18-13/h6-7,9,15,17H,4-5,8H2,1-3H3. The molecule has 0 saturated heterocycles. The first-order chi connectivity index (χ1) is 9.15. The lowest BCUT2D eigenvalue weighted by atomic mass is 10.1. The number of hydrogen-bond acceptors (Lipinski definition) is 3. The molecule has 0 aliphatic carbocycles. The summed E-state index contributed by atoms with van der Waals surface area (Å²) < 4.78 is 7.11. The predicted molar refractivity (Wildman–Crippen MR) is 85.0 cm³/mol. The van der Waals surface area contributed by atoms with Crippen LogP contribution in [0.2, 0.25) is 0 Å². The van der Waals surface area contributed by atoms with Gasteiger partial charge in [0.05, 0.1) is 9.83 Å². The van der Waals surface area contributed by atoms with E-state index in [2.05, 4.69) is 60.2 Å². The van der Waals surface area contributed by atoms with Gasteiger partial charge in [0.2, 0.25) is 0 Å². The fraction of sp³-hybridized carbons (Fsp3) is 0.467. The summed E-state index contributed by atoms with van der Waals surface area (Å²) in [4.78, 5) is 1.33. The Balaban J connectivity index is 2.32. The highest BCUT2D eigenvalue weighted by atomic mass is 79.9. The number of nitrogens with one attached hydrogen (secondary N) is 1. The molecule has 2 heterocycles. The lowest BCUT2D eigenvalue weighted by Crippen LogP contribution is -2.22. The topological polar surface area (TPSA) is 25.2 Å². The van der Waals surface area contributed by atoms with Crippen LogP contribution in [0.15, 0.2) is 26.4 Å². The zero-order valence-electron chi connectivity index (χ0n) is 11.6. The minimum atomic E-state index is 0.155. The second-order valence-corrected chi connectivity index (χ2v) is 7.24. The number of rotatable bonds is 6. The average Bonchev–Trinajstić information content (AvgIpc) is 2.97. The molecule has 0 aliphatic rings. The lowest BCUT2D eigenvalue weighted by Gasteiger charge is -2.16. The van der Waals surface area contributed by atoms with Gasteiger partial charge in [-0.15, -0.1) is 11.3 Å². The highest BCUT2D eigenvalue weighted by Gasteiger charge is 2.20. The maximum absolute atomic E-state index is 5.94. The Morgan fingerprint density at radius 3 is 2.68 bits per heavy atom. The molecular weight excluding hydrogens is 322 g/mol. The van der Waals surface area contributed by atoms with Gasteiger partial charge in [-0.25, -0.2) is 0 Å². The third-order valence-electron chi connectivity index (χ3n) is 3.15. The Hall–Kier alpha value is -0.580. The fourth-order valence-electron chi connectivity index (χ4n) is 2.14. The van der Waals surface area contributed by atoms with Crippen LogP contribution >= 0.6 is 27.3 Å². The third-order valence-corrected chi connectivity index (χ3v) is 4.72. The van der Waals surface area contributed by atoms with E-state index < -0.39 is 0 Å². The van der Waals surface area contributed by atoms with Crippen molar-refractivity contribution in [2.24, 2.45) is 0 Å². The van der Waals surface area contributed by atoms with Crippen LogP contribution in [0, 0.1) is 6.92 Å². The first kappa shape index (κ1) is 14.8. The van der Waals surface area contributed by atoms with Gasteiger partial charge in [-0.3, -0.25) is 0 Å². The highest BCUT2D eigenvalue weighted by molar-refractivity contribution is 9.11. The van der Waals surface area contributed by atoms with Crippen LogP contribution in [0.1, 0.15) is 48.3 Å². The van der Waals surface area contributed by atoms with Crippen molar-refractivity contribution in [3.05, 3.63) is 43.9 Å². The van der Waals surface area contributed by atoms with E-state index in [1.54, 1.807) is 11.3 Å². The average molecular weight is 342 g/mol. The van der Waals surface area contributed by atoms with Crippen LogP contribution in [-0.2, 0) is 6.42 Å². The van der Waals surface area contributed by atoms with Gasteiger partial charge >= 0.3 is 0 Å². The van der Waals surface area contributed by atoms with Gasteiger partial charge in [-0.2, -0.15) is 0 Å². The number of halogens is 1. The van der Waals surface area contributed by atoms with E-state index >= 15 is 0 Å². The summed E-state index contributed by atoms with van der Waals surface area (Å²) in [6.45, 7) is 7.44. The molecular formula is C15H20BrNOS. The van der Waals surface area contributed by atoms with E-state index in [0.717, 1.165) is 30.9 Å². The summed E-state index contributed by atoms with van der Waals surface area (Å²) >= 11 is 5.34. The monoisotopic (exact) mass is 341 g/mol. The number of hydrogen-bond donors (Lipinski definition) is 1. The van der Waals surface area contributed by atoms with Gasteiger partial charge in [-0.1, -0.05) is 13.8 Å². The molecule has 0 fully saturated rings. The van der Waals surface area contributed by atoms with E-state index in [9.17, 15) is 0 Å². The molecule has 0 aliphatic heterocycles. The van der Waals surface area contributed by atoms with E-state index in [1.807, 2.05) is 0 Å². The summed E-state index contributed by atoms with van der Waals surface area (Å²) in [5.41, 5.74) is 1.31. The summed E-state index contributed by atoms with van der Waals surface area (Å²) in [6, 6.07) is 6.52. The second-order valence-electron chi connectivity index (χ2n) is 4.61. The molecule has 0 amide bonds. The van der Waals surface area contributed by atoms with Crippen LogP contribution in [0.3, 0.4) is 0 Å². The van der Waals surface area contributed by atoms with Gasteiger partial charge in [0.15, 0.2) is 0 Å². The van der Waals surface area contributed by atoms with E-state index in [1.165, 1.54) is 14.2 Å². The first-order valence-electron chi connectivity index (χ1n) is 6.73. The summed E-state index contributed by atoms with van der Waals surface area (Å²) in [5.74, 6) is 2.06. The maximum atomic E-state index is 5.94. The van der Waals surface area contributed by atoms with Crippen molar-refractivity contribution in [3.8, 4) is 0 Å². The van der Waals surface area contributed by atoms with Crippen molar-refractivity contribution in [1.82, 2.24) is 5.32 Å². The maximum Gasteiger partial charge on any atom is 0.125 e. The molecule has 2 aromatic rings. The molecule has 2 rings (SSSR count). The van der Waals surface area contributed by atoms with Crippen LogP contribution in [-0.4, -0.2) is 6.54 Å². The third kappa shape index (κ3) is 3.50. The van der Waals surface area contributed by atoms with E-state index in [4.69, 9.17) is 4.42 Å². The summed E-state index contributed by atoms with van der Waals surface area (Å²) in [6.07, 6.45) is 2.05. The Bertz CT molecular complexity index is 532. The first-order valence-corrected chi connectivity index (χ1v) is 8.34. The number of aryl methyl sites for hydroxylation is 2. The molecule has 1 unspecified atom stereocenters. The molecule has 0 aromatic carbocycles. The quantitative estimate of drug-likeness (QED) is 0.793. The number of furan rings is 1. The SMILES string of the molecule is CCCNC(c1ccc(CC)o1)c1cc(Br)sc1C. The van der Waals surface area contributed by atoms with Gasteiger partial charge < -0.3 is 9.73 Å². The Kier molecular flexibility index (Phi) is 5.25. The molecule has 2 aromatic heterocycles. The molecule has 1 N–H and O–H groups in total. The molecule has 0 radical (unpaired) electrons. The Labute approximate surface area is 127 Å². The van der Waals surface area contributed by atoms with Crippen molar-refractivity contribution < 1.29 is 4.42 Å². The van der Waals surface area contributed by atoms with Crippen LogP contribution in [0.4, 0.5) is 0 Å². The zero-order valence-corrected chi connectivity index (χ0v) is 14.0. The molecule has 2 nitrogen and oxygen atoms in total. The van der Waals surface area contributed by atoms with Gasteiger partial charge in [0.25, 0.3) is 0 Å². The Morgan fingerprint density at radius 1 is 1.37 bits per heavy atom. The number of thiophene rings is 1. The molecule has 1 atom stereocenters. The molecule has 0 spiro atoms. The molecule has 19 heavy (non-hydrogen) atoms. The van der Waals surface area contributed by atoms with Crippen molar-refractivity contribution in [2.45, 2.75) is 39.7 Å².